The zero-order chi connectivity index (χ0) is 9.26. The van der Waals surface area contributed by atoms with Crippen molar-refractivity contribution in [3.05, 3.63) is 23.8 Å². The highest BCUT2D eigenvalue weighted by Crippen LogP contribution is 2.32. The Hall–Kier alpha value is -1.22. The van der Waals surface area contributed by atoms with E-state index in [9.17, 15) is 0 Å². The van der Waals surface area contributed by atoms with Crippen LogP contribution >= 0.6 is 0 Å². The highest BCUT2D eigenvalue weighted by atomic mass is 16.6. The fraction of sp³-hybridized carbons (Fsp3) is 0.400. The summed E-state index contributed by atoms with van der Waals surface area (Å²) in [4.78, 5) is 0. The van der Waals surface area contributed by atoms with Crippen molar-refractivity contribution in [2.45, 2.75) is 13.0 Å². The lowest BCUT2D eigenvalue weighted by molar-refractivity contribution is 0.0456. The van der Waals surface area contributed by atoms with E-state index in [0.29, 0.717) is 6.61 Å². The number of benzene rings is 1. The molecule has 1 N–H and O–H groups in total. The van der Waals surface area contributed by atoms with Crippen molar-refractivity contribution in [2.24, 2.45) is 0 Å². The maximum Gasteiger partial charge on any atom is 0.162 e. The maximum atomic E-state index is 8.88. The van der Waals surface area contributed by atoms with Gasteiger partial charge >= 0.3 is 0 Å². The SMILES string of the molecule is Cc1ccc2c(c1)O[C@@H](CO)CO2. The Bertz CT molecular complexity index is 309. The van der Waals surface area contributed by atoms with Crippen LogP contribution in [0, 0.1) is 6.92 Å². The third-order valence-corrected chi connectivity index (χ3v) is 2.02. The molecule has 1 atom stereocenters. The molecule has 0 radical (unpaired) electrons. The van der Waals surface area contributed by atoms with Crippen molar-refractivity contribution in [3.63, 3.8) is 0 Å². The molecule has 1 aliphatic heterocycles. The first kappa shape index (κ1) is 8.38. The topological polar surface area (TPSA) is 38.7 Å². The molecule has 1 aromatic rings. The zero-order valence-corrected chi connectivity index (χ0v) is 7.49. The van der Waals surface area contributed by atoms with Crippen LogP contribution in [0.1, 0.15) is 5.56 Å². The van der Waals surface area contributed by atoms with Gasteiger partial charge in [0.15, 0.2) is 17.6 Å². The summed E-state index contributed by atoms with van der Waals surface area (Å²) in [7, 11) is 0. The van der Waals surface area contributed by atoms with E-state index >= 15 is 0 Å². The lowest BCUT2D eigenvalue weighted by atomic mass is 10.2. The Balaban J connectivity index is 2.27. The molecular weight excluding hydrogens is 168 g/mol. The molecule has 0 aromatic heterocycles. The summed E-state index contributed by atoms with van der Waals surface area (Å²) in [5.41, 5.74) is 1.13. The van der Waals surface area contributed by atoms with Crippen LogP contribution in [-0.2, 0) is 0 Å². The largest absolute Gasteiger partial charge is 0.486 e. The first-order valence-corrected chi connectivity index (χ1v) is 4.30. The summed E-state index contributed by atoms with van der Waals surface area (Å²) < 4.78 is 10.9. The van der Waals surface area contributed by atoms with Crippen LogP contribution in [0.5, 0.6) is 11.5 Å². The van der Waals surface area contributed by atoms with Crippen LogP contribution in [0.2, 0.25) is 0 Å². The van der Waals surface area contributed by atoms with Crippen LogP contribution in [0.25, 0.3) is 0 Å². The Kier molecular flexibility index (Phi) is 2.10. The quantitative estimate of drug-likeness (QED) is 0.704. The maximum absolute atomic E-state index is 8.88. The molecule has 70 valence electrons. The average Bonchev–Trinajstić information content (AvgIpc) is 2.16. The average molecular weight is 180 g/mol. The predicted octanol–water partition coefficient (Wildman–Crippen LogP) is 1.13. The molecule has 13 heavy (non-hydrogen) atoms. The van der Waals surface area contributed by atoms with Gasteiger partial charge in [-0.2, -0.15) is 0 Å². The summed E-state index contributed by atoms with van der Waals surface area (Å²) in [5, 5.41) is 8.88. The fourth-order valence-corrected chi connectivity index (χ4v) is 1.31. The normalized spacial score (nSPS) is 20.0. The van der Waals surface area contributed by atoms with Gasteiger partial charge in [-0.3, -0.25) is 0 Å². The van der Waals surface area contributed by atoms with E-state index in [1.807, 2.05) is 25.1 Å². The predicted molar refractivity (Wildman–Crippen MR) is 48.2 cm³/mol. The van der Waals surface area contributed by atoms with Crippen molar-refractivity contribution in [1.29, 1.82) is 0 Å². The third kappa shape index (κ3) is 1.60. The van der Waals surface area contributed by atoms with Crippen molar-refractivity contribution in [3.8, 4) is 11.5 Å². The monoisotopic (exact) mass is 180 g/mol. The molecule has 0 amide bonds. The van der Waals surface area contributed by atoms with Gasteiger partial charge in [0.05, 0.1) is 6.61 Å². The molecule has 3 nitrogen and oxygen atoms in total. The number of aryl methyl sites for hydroxylation is 1. The zero-order valence-electron chi connectivity index (χ0n) is 7.49. The van der Waals surface area contributed by atoms with Crippen LogP contribution in [0.15, 0.2) is 18.2 Å². The molecule has 3 heteroatoms. The summed E-state index contributed by atoms with van der Waals surface area (Å²) in [6.07, 6.45) is -0.228. The molecule has 0 unspecified atom stereocenters. The van der Waals surface area contributed by atoms with Gasteiger partial charge in [0, 0.05) is 0 Å². The van der Waals surface area contributed by atoms with Crippen LogP contribution in [0.4, 0.5) is 0 Å². The number of hydrogen-bond acceptors (Lipinski definition) is 3. The van der Waals surface area contributed by atoms with Crippen molar-refractivity contribution < 1.29 is 14.6 Å². The number of rotatable bonds is 1. The lowest BCUT2D eigenvalue weighted by Gasteiger charge is -2.25. The second kappa shape index (κ2) is 3.26. The Morgan fingerprint density at radius 2 is 2.31 bits per heavy atom. The highest BCUT2D eigenvalue weighted by Gasteiger charge is 2.19. The summed E-state index contributed by atoms with van der Waals surface area (Å²) >= 11 is 0. The molecule has 1 aliphatic rings. The Labute approximate surface area is 76.9 Å². The molecular formula is C10H12O3. The lowest BCUT2D eigenvalue weighted by Crippen LogP contribution is -2.32. The molecule has 0 saturated heterocycles. The van der Waals surface area contributed by atoms with Crippen LogP contribution < -0.4 is 9.47 Å². The molecule has 0 bridgehead atoms. The first-order valence-electron chi connectivity index (χ1n) is 4.30. The summed E-state index contributed by atoms with van der Waals surface area (Å²) in [6.45, 7) is 2.41. The highest BCUT2D eigenvalue weighted by molar-refractivity contribution is 5.43. The molecule has 0 spiro atoms. The Morgan fingerprint density at radius 3 is 3.08 bits per heavy atom. The van der Waals surface area contributed by atoms with E-state index in [4.69, 9.17) is 14.6 Å². The Morgan fingerprint density at radius 1 is 1.46 bits per heavy atom. The van der Waals surface area contributed by atoms with E-state index < -0.39 is 0 Å². The summed E-state index contributed by atoms with van der Waals surface area (Å²) in [5.74, 6) is 1.49. The second-order valence-electron chi connectivity index (χ2n) is 3.18. The van der Waals surface area contributed by atoms with E-state index in [1.54, 1.807) is 0 Å². The first-order chi connectivity index (χ1) is 6.29. The number of ether oxygens (including phenoxy) is 2. The number of fused-ring (bicyclic) bond motifs is 1. The third-order valence-electron chi connectivity index (χ3n) is 2.02. The van der Waals surface area contributed by atoms with Gasteiger partial charge in [-0.05, 0) is 24.6 Å². The standard InChI is InChI=1S/C10H12O3/c1-7-2-3-9-10(4-7)13-8(5-11)6-12-9/h2-4,8,11H,5-6H2,1H3/t8-/m0/s1. The van der Waals surface area contributed by atoms with Gasteiger partial charge in [0.25, 0.3) is 0 Å². The van der Waals surface area contributed by atoms with Gasteiger partial charge in [0.1, 0.15) is 6.61 Å². The van der Waals surface area contributed by atoms with Crippen molar-refractivity contribution >= 4 is 0 Å². The van der Waals surface area contributed by atoms with Crippen molar-refractivity contribution in [1.82, 2.24) is 0 Å². The van der Waals surface area contributed by atoms with Gasteiger partial charge in [-0.1, -0.05) is 6.07 Å². The van der Waals surface area contributed by atoms with Gasteiger partial charge in [-0.25, -0.2) is 0 Å². The fourth-order valence-electron chi connectivity index (χ4n) is 1.31. The van der Waals surface area contributed by atoms with E-state index in [2.05, 4.69) is 0 Å². The van der Waals surface area contributed by atoms with Gasteiger partial charge < -0.3 is 14.6 Å². The molecule has 1 aromatic carbocycles. The number of aliphatic hydroxyl groups excluding tert-OH is 1. The van der Waals surface area contributed by atoms with Crippen LogP contribution in [0.3, 0.4) is 0 Å². The minimum absolute atomic E-state index is 0.00657. The molecule has 0 aliphatic carbocycles. The molecule has 1 heterocycles. The van der Waals surface area contributed by atoms with E-state index in [-0.39, 0.29) is 12.7 Å². The molecule has 2 rings (SSSR count). The molecule has 0 saturated carbocycles. The van der Waals surface area contributed by atoms with E-state index in [1.165, 1.54) is 0 Å². The van der Waals surface area contributed by atoms with Gasteiger partial charge in [0.2, 0.25) is 0 Å². The van der Waals surface area contributed by atoms with Gasteiger partial charge in [-0.15, -0.1) is 0 Å². The number of aliphatic hydroxyl groups is 1. The van der Waals surface area contributed by atoms with Crippen molar-refractivity contribution in [2.75, 3.05) is 13.2 Å². The van der Waals surface area contributed by atoms with Crippen LogP contribution in [-0.4, -0.2) is 24.4 Å². The summed E-state index contributed by atoms with van der Waals surface area (Å²) in [6, 6.07) is 5.77. The second-order valence-corrected chi connectivity index (χ2v) is 3.18. The van der Waals surface area contributed by atoms with E-state index in [0.717, 1.165) is 17.1 Å². The number of hydrogen-bond donors (Lipinski definition) is 1. The minimum Gasteiger partial charge on any atom is -0.486 e. The minimum atomic E-state index is -0.228. The molecule has 0 fully saturated rings. The smallest absolute Gasteiger partial charge is 0.162 e.